The van der Waals surface area contributed by atoms with Crippen LogP contribution in [0.3, 0.4) is 0 Å². The molecular weight excluding hydrogens is 244 g/mol. The number of anilines is 1. The van der Waals surface area contributed by atoms with Gasteiger partial charge in [0, 0.05) is 19.3 Å². The predicted molar refractivity (Wildman–Crippen MR) is 90.4 cm³/mol. The first-order valence-corrected chi connectivity index (χ1v) is 8.21. The van der Waals surface area contributed by atoms with Crippen LogP contribution in [0.4, 0.5) is 5.69 Å². The van der Waals surface area contributed by atoms with E-state index in [1.165, 1.54) is 43.4 Å². The fraction of sp³-hybridized carbons (Fsp3) is 0.667. The van der Waals surface area contributed by atoms with Gasteiger partial charge in [-0.05, 0) is 55.8 Å². The number of hydrogen-bond donors (Lipinski definition) is 1. The Balaban J connectivity index is 2.35. The molecule has 0 aromatic heterocycles. The highest BCUT2D eigenvalue weighted by Gasteiger charge is 2.07. The standard InChI is InChI=1S/C18H32N2/c1-4-7-17(13-14-19)8-6-15-20(3)18-11-9-16(5-2)10-12-18/h9-12,17H,4-8,13-15,19H2,1-3H3. The minimum Gasteiger partial charge on any atom is -0.375 e. The van der Waals surface area contributed by atoms with Crippen LogP contribution in [-0.2, 0) is 6.42 Å². The Bertz CT molecular complexity index is 339. The fourth-order valence-corrected chi connectivity index (χ4v) is 2.81. The summed E-state index contributed by atoms with van der Waals surface area (Å²) in [5, 5.41) is 0. The van der Waals surface area contributed by atoms with Crippen molar-refractivity contribution >= 4 is 5.69 Å². The molecule has 0 aliphatic heterocycles. The average molecular weight is 276 g/mol. The Kier molecular flexibility index (Phi) is 8.36. The lowest BCUT2D eigenvalue weighted by molar-refractivity contribution is 0.410. The predicted octanol–water partition coefficient (Wildman–Crippen LogP) is 4.23. The van der Waals surface area contributed by atoms with Crippen molar-refractivity contribution in [3.05, 3.63) is 29.8 Å². The second-order valence-corrected chi connectivity index (χ2v) is 5.82. The lowest BCUT2D eigenvalue weighted by Crippen LogP contribution is -2.19. The second kappa shape index (κ2) is 9.82. The van der Waals surface area contributed by atoms with Gasteiger partial charge in [-0.25, -0.2) is 0 Å². The Labute approximate surface area is 125 Å². The van der Waals surface area contributed by atoms with Crippen molar-refractivity contribution in [3.63, 3.8) is 0 Å². The Morgan fingerprint density at radius 2 is 1.75 bits per heavy atom. The van der Waals surface area contributed by atoms with E-state index in [2.05, 4.69) is 50.1 Å². The van der Waals surface area contributed by atoms with E-state index in [1.807, 2.05) is 0 Å². The Morgan fingerprint density at radius 3 is 2.30 bits per heavy atom. The maximum Gasteiger partial charge on any atom is 0.0363 e. The molecule has 0 radical (unpaired) electrons. The number of benzene rings is 1. The highest BCUT2D eigenvalue weighted by molar-refractivity contribution is 5.46. The number of nitrogens with zero attached hydrogens (tertiary/aromatic N) is 1. The van der Waals surface area contributed by atoms with Crippen LogP contribution in [0, 0.1) is 5.92 Å². The third kappa shape index (κ3) is 5.96. The van der Waals surface area contributed by atoms with Crippen LogP contribution in [0.2, 0.25) is 0 Å². The van der Waals surface area contributed by atoms with E-state index < -0.39 is 0 Å². The second-order valence-electron chi connectivity index (χ2n) is 5.82. The molecule has 1 unspecified atom stereocenters. The monoisotopic (exact) mass is 276 g/mol. The zero-order chi connectivity index (χ0) is 14.8. The molecule has 0 aliphatic carbocycles. The summed E-state index contributed by atoms with van der Waals surface area (Å²) in [4.78, 5) is 2.37. The minimum absolute atomic E-state index is 0.820. The van der Waals surface area contributed by atoms with E-state index in [0.29, 0.717) is 0 Å². The van der Waals surface area contributed by atoms with Gasteiger partial charge in [-0.2, -0.15) is 0 Å². The van der Waals surface area contributed by atoms with E-state index in [1.54, 1.807) is 0 Å². The van der Waals surface area contributed by atoms with Crippen LogP contribution in [-0.4, -0.2) is 20.1 Å². The van der Waals surface area contributed by atoms with Crippen LogP contribution < -0.4 is 10.6 Å². The molecule has 0 saturated carbocycles. The van der Waals surface area contributed by atoms with Gasteiger partial charge in [-0.15, -0.1) is 0 Å². The number of nitrogens with two attached hydrogens (primary N) is 1. The van der Waals surface area contributed by atoms with Gasteiger partial charge in [0.25, 0.3) is 0 Å². The van der Waals surface area contributed by atoms with Crippen molar-refractivity contribution in [1.29, 1.82) is 0 Å². The summed E-state index contributed by atoms with van der Waals surface area (Å²) in [6, 6.07) is 8.95. The van der Waals surface area contributed by atoms with E-state index in [-0.39, 0.29) is 0 Å². The van der Waals surface area contributed by atoms with Crippen LogP contribution in [0.1, 0.15) is 51.5 Å². The van der Waals surface area contributed by atoms with Crippen LogP contribution in [0.5, 0.6) is 0 Å². The third-order valence-corrected chi connectivity index (χ3v) is 4.16. The molecule has 0 saturated heterocycles. The molecule has 1 aromatic rings. The van der Waals surface area contributed by atoms with Gasteiger partial charge >= 0.3 is 0 Å². The topological polar surface area (TPSA) is 29.3 Å². The summed E-state index contributed by atoms with van der Waals surface area (Å²) in [6.45, 7) is 6.43. The van der Waals surface area contributed by atoms with Gasteiger partial charge < -0.3 is 10.6 Å². The van der Waals surface area contributed by atoms with Gasteiger partial charge in [-0.3, -0.25) is 0 Å². The van der Waals surface area contributed by atoms with Gasteiger partial charge in [0.2, 0.25) is 0 Å². The van der Waals surface area contributed by atoms with Crippen molar-refractivity contribution in [3.8, 4) is 0 Å². The summed E-state index contributed by atoms with van der Waals surface area (Å²) in [6.07, 6.45) is 7.47. The lowest BCUT2D eigenvalue weighted by atomic mass is 9.94. The van der Waals surface area contributed by atoms with Crippen molar-refractivity contribution < 1.29 is 0 Å². The molecule has 2 nitrogen and oxygen atoms in total. The molecule has 1 aromatic carbocycles. The average Bonchev–Trinajstić information content (AvgIpc) is 2.47. The highest BCUT2D eigenvalue weighted by atomic mass is 15.1. The SMILES string of the molecule is CCCC(CCN)CCCN(C)c1ccc(CC)cc1. The van der Waals surface area contributed by atoms with Crippen molar-refractivity contribution in [2.24, 2.45) is 11.7 Å². The quantitative estimate of drug-likeness (QED) is 0.693. The minimum atomic E-state index is 0.820. The maximum atomic E-state index is 5.70. The zero-order valence-electron chi connectivity index (χ0n) is 13.6. The molecule has 2 heteroatoms. The summed E-state index contributed by atoms with van der Waals surface area (Å²) in [5.41, 5.74) is 8.44. The van der Waals surface area contributed by atoms with Gasteiger partial charge in [-0.1, -0.05) is 38.8 Å². The number of aryl methyl sites for hydroxylation is 1. The normalized spacial score (nSPS) is 12.4. The van der Waals surface area contributed by atoms with E-state index in [4.69, 9.17) is 5.73 Å². The van der Waals surface area contributed by atoms with E-state index in [0.717, 1.165) is 25.4 Å². The first-order chi connectivity index (χ1) is 9.71. The molecule has 0 amide bonds. The highest BCUT2D eigenvalue weighted by Crippen LogP contribution is 2.19. The van der Waals surface area contributed by atoms with E-state index >= 15 is 0 Å². The zero-order valence-corrected chi connectivity index (χ0v) is 13.6. The van der Waals surface area contributed by atoms with Gasteiger partial charge in [0.05, 0.1) is 0 Å². The third-order valence-electron chi connectivity index (χ3n) is 4.16. The van der Waals surface area contributed by atoms with Crippen molar-refractivity contribution in [2.45, 2.75) is 52.4 Å². The van der Waals surface area contributed by atoms with Crippen molar-refractivity contribution in [1.82, 2.24) is 0 Å². The Hall–Kier alpha value is -1.02. The molecule has 0 fully saturated rings. The number of rotatable bonds is 10. The van der Waals surface area contributed by atoms with Gasteiger partial charge in [0.15, 0.2) is 0 Å². The molecule has 0 bridgehead atoms. The lowest BCUT2D eigenvalue weighted by Gasteiger charge is -2.21. The van der Waals surface area contributed by atoms with Crippen LogP contribution in [0.25, 0.3) is 0 Å². The summed E-state index contributed by atoms with van der Waals surface area (Å²) in [7, 11) is 2.19. The van der Waals surface area contributed by atoms with Crippen LogP contribution in [0.15, 0.2) is 24.3 Å². The first kappa shape index (κ1) is 17.0. The summed E-state index contributed by atoms with van der Waals surface area (Å²) in [5.74, 6) is 0.820. The summed E-state index contributed by atoms with van der Waals surface area (Å²) < 4.78 is 0. The molecule has 20 heavy (non-hydrogen) atoms. The molecule has 114 valence electrons. The molecule has 1 atom stereocenters. The Morgan fingerprint density at radius 1 is 1.05 bits per heavy atom. The van der Waals surface area contributed by atoms with Crippen molar-refractivity contribution in [2.75, 3.05) is 25.0 Å². The fourth-order valence-electron chi connectivity index (χ4n) is 2.81. The molecule has 0 aliphatic rings. The first-order valence-electron chi connectivity index (χ1n) is 8.21. The molecular formula is C18H32N2. The van der Waals surface area contributed by atoms with Gasteiger partial charge in [0.1, 0.15) is 0 Å². The smallest absolute Gasteiger partial charge is 0.0363 e. The molecule has 0 heterocycles. The molecule has 2 N–H and O–H groups in total. The summed E-state index contributed by atoms with van der Waals surface area (Å²) >= 11 is 0. The molecule has 1 rings (SSSR count). The molecule has 0 spiro atoms. The van der Waals surface area contributed by atoms with Crippen LogP contribution >= 0.6 is 0 Å². The number of hydrogen-bond acceptors (Lipinski definition) is 2. The largest absolute Gasteiger partial charge is 0.375 e. The van der Waals surface area contributed by atoms with E-state index in [9.17, 15) is 0 Å². The maximum absolute atomic E-state index is 5.70.